The smallest absolute Gasteiger partial charge is 0.263 e. The minimum atomic E-state index is -4.23. The molecule has 1 heterocycles. The summed E-state index contributed by atoms with van der Waals surface area (Å²) in [5, 5.41) is 8.74. The van der Waals surface area contributed by atoms with Crippen molar-refractivity contribution in [2.24, 2.45) is 0 Å². The Hall–Kier alpha value is -3.18. The Balaban J connectivity index is 1.95. The third-order valence-corrected chi connectivity index (χ3v) is 5.18. The maximum atomic E-state index is 14.1. The van der Waals surface area contributed by atoms with E-state index in [9.17, 15) is 17.2 Å². The number of H-pyrrole nitrogens is 1. The lowest BCUT2D eigenvalue weighted by Gasteiger charge is -2.10. The van der Waals surface area contributed by atoms with Crippen LogP contribution in [0.3, 0.4) is 0 Å². The second kappa shape index (κ2) is 6.98. The van der Waals surface area contributed by atoms with Crippen molar-refractivity contribution >= 4 is 15.7 Å². The normalized spacial score (nSPS) is 11.1. The SMILES string of the molecule is N#Cc1ccc(NS(=O)(=O)c2c[nH]c(F)c2Cc2ccccc2)c(F)c1. The molecule has 0 atom stereocenters. The number of halogens is 2. The molecular formula is C18H13F2N3O2S. The first-order valence-corrected chi connectivity index (χ1v) is 9.01. The molecule has 0 aliphatic carbocycles. The summed E-state index contributed by atoms with van der Waals surface area (Å²) in [4.78, 5) is 1.96. The number of hydrogen-bond donors (Lipinski definition) is 2. The van der Waals surface area contributed by atoms with Crippen LogP contribution < -0.4 is 4.72 Å². The van der Waals surface area contributed by atoms with Gasteiger partial charge < -0.3 is 4.98 Å². The maximum Gasteiger partial charge on any atom is 0.263 e. The van der Waals surface area contributed by atoms with Crippen LogP contribution in [0.2, 0.25) is 0 Å². The topological polar surface area (TPSA) is 85.8 Å². The Bertz CT molecular complexity index is 1090. The fourth-order valence-corrected chi connectivity index (χ4v) is 3.75. The van der Waals surface area contributed by atoms with Gasteiger partial charge in [-0.25, -0.2) is 12.8 Å². The lowest BCUT2D eigenvalue weighted by atomic mass is 10.1. The number of aromatic amines is 1. The summed E-state index contributed by atoms with van der Waals surface area (Å²) in [7, 11) is -4.23. The highest BCUT2D eigenvalue weighted by Crippen LogP contribution is 2.25. The van der Waals surface area contributed by atoms with E-state index in [1.165, 1.54) is 6.07 Å². The average molecular weight is 373 g/mol. The number of nitriles is 1. The Morgan fingerprint density at radius 1 is 1.12 bits per heavy atom. The van der Waals surface area contributed by atoms with Gasteiger partial charge in [-0.2, -0.15) is 9.65 Å². The molecule has 26 heavy (non-hydrogen) atoms. The first-order valence-electron chi connectivity index (χ1n) is 7.53. The van der Waals surface area contributed by atoms with E-state index in [0.717, 1.165) is 23.9 Å². The molecule has 0 aliphatic rings. The zero-order valence-electron chi connectivity index (χ0n) is 13.3. The molecule has 1 aromatic heterocycles. The summed E-state index contributed by atoms with van der Waals surface area (Å²) in [6, 6.07) is 13.9. The standard InChI is InChI=1S/C18H13F2N3O2S/c19-15-9-13(10-21)6-7-16(15)23-26(24,25)17-11-22-18(20)14(17)8-12-4-2-1-3-5-12/h1-7,9,11,22-23H,8H2. The number of aromatic nitrogens is 1. The van der Waals surface area contributed by atoms with Crippen LogP contribution in [-0.2, 0) is 16.4 Å². The van der Waals surface area contributed by atoms with Crippen LogP contribution in [0.4, 0.5) is 14.5 Å². The van der Waals surface area contributed by atoms with Gasteiger partial charge in [0.15, 0.2) is 5.95 Å². The monoisotopic (exact) mass is 373 g/mol. The van der Waals surface area contributed by atoms with Crippen LogP contribution in [0.25, 0.3) is 0 Å². The third kappa shape index (κ3) is 3.58. The molecule has 0 bridgehead atoms. The molecule has 8 heteroatoms. The molecule has 0 fully saturated rings. The van der Waals surface area contributed by atoms with Gasteiger partial charge in [0, 0.05) is 18.2 Å². The molecule has 0 aliphatic heterocycles. The van der Waals surface area contributed by atoms with E-state index >= 15 is 0 Å². The van der Waals surface area contributed by atoms with Gasteiger partial charge in [-0.3, -0.25) is 4.72 Å². The van der Waals surface area contributed by atoms with E-state index < -0.39 is 21.8 Å². The summed E-state index contributed by atoms with van der Waals surface area (Å²) in [5.41, 5.74) is 0.420. The maximum absolute atomic E-state index is 14.1. The molecule has 3 rings (SSSR count). The fraction of sp³-hybridized carbons (Fsp3) is 0.0556. The molecule has 0 amide bonds. The van der Waals surface area contributed by atoms with Gasteiger partial charge in [0.25, 0.3) is 10.0 Å². The van der Waals surface area contributed by atoms with Crippen molar-refractivity contribution in [2.45, 2.75) is 11.3 Å². The molecule has 2 aromatic carbocycles. The molecule has 0 spiro atoms. The van der Waals surface area contributed by atoms with E-state index in [1.807, 2.05) is 0 Å². The molecular weight excluding hydrogens is 360 g/mol. The molecule has 0 unspecified atom stereocenters. The van der Waals surface area contributed by atoms with E-state index in [2.05, 4.69) is 9.71 Å². The van der Waals surface area contributed by atoms with Crippen LogP contribution in [0.5, 0.6) is 0 Å². The zero-order valence-corrected chi connectivity index (χ0v) is 14.1. The van der Waals surface area contributed by atoms with Crippen molar-refractivity contribution in [3.63, 3.8) is 0 Å². The van der Waals surface area contributed by atoms with Crippen LogP contribution in [0.15, 0.2) is 59.6 Å². The molecule has 132 valence electrons. The minimum Gasteiger partial charge on any atom is -0.337 e. The van der Waals surface area contributed by atoms with Crippen LogP contribution in [-0.4, -0.2) is 13.4 Å². The average Bonchev–Trinajstić information content (AvgIpc) is 2.99. The van der Waals surface area contributed by atoms with Gasteiger partial charge in [0.05, 0.1) is 17.3 Å². The number of nitrogens with one attached hydrogen (secondary N) is 2. The largest absolute Gasteiger partial charge is 0.337 e. The number of benzene rings is 2. The van der Waals surface area contributed by atoms with Gasteiger partial charge in [-0.05, 0) is 23.8 Å². The molecule has 5 nitrogen and oxygen atoms in total. The molecule has 3 aromatic rings. The van der Waals surface area contributed by atoms with Gasteiger partial charge in [-0.1, -0.05) is 30.3 Å². The quantitative estimate of drug-likeness (QED) is 0.717. The van der Waals surface area contributed by atoms with E-state index in [4.69, 9.17) is 5.26 Å². The van der Waals surface area contributed by atoms with Crippen LogP contribution >= 0.6 is 0 Å². The Morgan fingerprint density at radius 3 is 2.50 bits per heavy atom. The zero-order chi connectivity index (χ0) is 18.7. The lowest BCUT2D eigenvalue weighted by Crippen LogP contribution is -2.15. The van der Waals surface area contributed by atoms with Crippen LogP contribution in [0, 0.1) is 23.1 Å². The van der Waals surface area contributed by atoms with E-state index in [-0.39, 0.29) is 28.1 Å². The number of sulfonamides is 1. The van der Waals surface area contributed by atoms with Gasteiger partial charge in [-0.15, -0.1) is 0 Å². The highest BCUT2D eigenvalue weighted by Gasteiger charge is 2.24. The van der Waals surface area contributed by atoms with Gasteiger partial charge in [0.2, 0.25) is 0 Å². The van der Waals surface area contributed by atoms with Crippen molar-refractivity contribution in [1.82, 2.24) is 4.98 Å². The second-order valence-corrected chi connectivity index (χ2v) is 7.17. The van der Waals surface area contributed by atoms with Gasteiger partial charge in [0.1, 0.15) is 10.7 Å². The molecule has 0 saturated carbocycles. The Kier molecular flexibility index (Phi) is 4.73. The predicted octanol–water partition coefficient (Wildman–Crippen LogP) is 3.56. The fourth-order valence-electron chi connectivity index (χ4n) is 2.48. The summed E-state index contributed by atoms with van der Waals surface area (Å²) < 4.78 is 55.4. The summed E-state index contributed by atoms with van der Waals surface area (Å²) in [6.45, 7) is 0. The van der Waals surface area contributed by atoms with Crippen molar-refractivity contribution in [3.8, 4) is 6.07 Å². The van der Waals surface area contributed by atoms with Crippen molar-refractivity contribution < 1.29 is 17.2 Å². The highest BCUT2D eigenvalue weighted by molar-refractivity contribution is 7.92. The highest BCUT2D eigenvalue weighted by atomic mass is 32.2. The number of rotatable bonds is 5. The Labute approximate surface area is 149 Å². The number of hydrogen-bond acceptors (Lipinski definition) is 3. The summed E-state index contributed by atoms with van der Waals surface area (Å²) >= 11 is 0. The van der Waals surface area contributed by atoms with Crippen molar-refractivity contribution in [2.75, 3.05) is 4.72 Å². The second-order valence-electron chi connectivity index (χ2n) is 5.52. The Morgan fingerprint density at radius 2 is 1.85 bits per heavy atom. The number of anilines is 1. The van der Waals surface area contributed by atoms with E-state index in [1.54, 1.807) is 36.4 Å². The molecule has 0 saturated heterocycles. The molecule has 0 radical (unpaired) electrons. The third-order valence-electron chi connectivity index (χ3n) is 3.75. The number of nitrogens with zero attached hydrogens (tertiary/aromatic N) is 1. The first kappa shape index (κ1) is 17.6. The van der Waals surface area contributed by atoms with Gasteiger partial charge >= 0.3 is 0 Å². The van der Waals surface area contributed by atoms with Crippen molar-refractivity contribution in [3.05, 3.63) is 83.2 Å². The summed E-state index contributed by atoms with van der Waals surface area (Å²) in [6.07, 6.45) is 1.08. The predicted molar refractivity (Wildman–Crippen MR) is 91.9 cm³/mol. The first-order chi connectivity index (χ1) is 12.4. The van der Waals surface area contributed by atoms with Crippen LogP contribution in [0.1, 0.15) is 16.7 Å². The van der Waals surface area contributed by atoms with E-state index in [0.29, 0.717) is 0 Å². The summed E-state index contributed by atoms with van der Waals surface area (Å²) in [5.74, 6) is -1.66. The molecule has 2 N–H and O–H groups in total. The lowest BCUT2D eigenvalue weighted by molar-refractivity contribution is 0.575. The minimum absolute atomic E-state index is 0.0437. The van der Waals surface area contributed by atoms with Crippen molar-refractivity contribution in [1.29, 1.82) is 5.26 Å².